The van der Waals surface area contributed by atoms with Crippen LogP contribution in [-0.2, 0) is 4.74 Å². The van der Waals surface area contributed by atoms with E-state index >= 15 is 0 Å². The fourth-order valence-electron chi connectivity index (χ4n) is 1.72. The first-order chi connectivity index (χ1) is 8.19. The minimum atomic E-state index is 0.305. The molecule has 2 atom stereocenters. The van der Waals surface area contributed by atoms with Crippen LogP contribution < -0.4 is 5.32 Å². The molecular formula is C13H22ClNOS. The van der Waals surface area contributed by atoms with E-state index in [9.17, 15) is 0 Å². The molecule has 1 N–H and O–H groups in total. The molecule has 2 unspecified atom stereocenters. The first kappa shape index (κ1) is 15.0. The molecule has 4 heteroatoms. The van der Waals surface area contributed by atoms with E-state index in [4.69, 9.17) is 16.3 Å². The van der Waals surface area contributed by atoms with Gasteiger partial charge in [-0.3, -0.25) is 0 Å². The third-order valence-electron chi connectivity index (χ3n) is 2.87. The second-order valence-corrected chi connectivity index (χ2v) is 5.62. The van der Waals surface area contributed by atoms with Gasteiger partial charge in [0.2, 0.25) is 0 Å². The minimum absolute atomic E-state index is 0.305. The zero-order valence-electron chi connectivity index (χ0n) is 10.8. The lowest BCUT2D eigenvalue weighted by Crippen LogP contribution is -2.23. The Hall–Kier alpha value is -0.0900. The maximum atomic E-state index is 6.20. The molecule has 0 aliphatic carbocycles. The maximum absolute atomic E-state index is 6.20. The Labute approximate surface area is 113 Å². The number of methoxy groups -OCH3 is 1. The van der Waals surface area contributed by atoms with Gasteiger partial charge in [-0.1, -0.05) is 18.5 Å². The van der Waals surface area contributed by atoms with Gasteiger partial charge < -0.3 is 10.1 Å². The fourth-order valence-corrected chi connectivity index (χ4v) is 3.02. The second-order valence-electron chi connectivity index (χ2n) is 4.26. The third kappa shape index (κ3) is 4.96. The number of nitrogens with one attached hydrogen (secondary N) is 1. The average Bonchev–Trinajstić information content (AvgIpc) is 2.75. The van der Waals surface area contributed by atoms with Crippen molar-refractivity contribution < 1.29 is 4.74 Å². The van der Waals surface area contributed by atoms with E-state index in [2.05, 4.69) is 24.5 Å². The van der Waals surface area contributed by atoms with Crippen LogP contribution in [0.2, 0.25) is 5.02 Å². The van der Waals surface area contributed by atoms with Crippen molar-refractivity contribution in [2.75, 3.05) is 13.7 Å². The van der Waals surface area contributed by atoms with Gasteiger partial charge in [0.25, 0.3) is 0 Å². The topological polar surface area (TPSA) is 21.3 Å². The predicted molar refractivity (Wildman–Crippen MR) is 76.1 cm³/mol. The van der Waals surface area contributed by atoms with E-state index in [0.29, 0.717) is 12.1 Å². The molecule has 0 spiro atoms. The summed E-state index contributed by atoms with van der Waals surface area (Å²) in [6.45, 7) is 5.31. The highest BCUT2D eigenvalue weighted by atomic mass is 35.5. The van der Waals surface area contributed by atoms with Crippen LogP contribution in [-0.4, -0.2) is 19.8 Å². The van der Waals surface area contributed by atoms with Crippen molar-refractivity contribution in [2.45, 2.75) is 45.3 Å². The quantitative estimate of drug-likeness (QED) is 0.765. The van der Waals surface area contributed by atoms with Crippen molar-refractivity contribution in [2.24, 2.45) is 0 Å². The van der Waals surface area contributed by atoms with Crippen molar-refractivity contribution in [1.29, 1.82) is 0 Å². The molecule has 98 valence electrons. The number of thiophene rings is 1. The lowest BCUT2D eigenvalue weighted by atomic mass is 10.1. The number of hydrogen-bond acceptors (Lipinski definition) is 3. The largest absolute Gasteiger partial charge is 0.382 e. The SMILES string of the molecule is CCCNC(CCC(C)OC)c1sccc1Cl. The van der Waals surface area contributed by atoms with Crippen molar-refractivity contribution >= 4 is 22.9 Å². The van der Waals surface area contributed by atoms with E-state index < -0.39 is 0 Å². The Bertz CT molecular complexity index is 316. The van der Waals surface area contributed by atoms with E-state index in [1.165, 1.54) is 4.88 Å². The van der Waals surface area contributed by atoms with Crippen LogP contribution >= 0.6 is 22.9 Å². The van der Waals surface area contributed by atoms with E-state index in [0.717, 1.165) is 30.8 Å². The number of ether oxygens (including phenoxy) is 1. The molecule has 0 saturated carbocycles. The van der Waals surface area contributed by atoms with Crippen molar-refractivity contribution in [3.8, 4) is 0 Å². The molecule has 0 amide bonds. The highest BCUT2D eigenvalue weighted by molar-refractivity contribution is 7.10. The Morgan fingerprint density at radius 1 is 1.47 bits per heavy atom. The van der Waals surface area contributed by atoms with Crippen molar-refractivity contribution in [1.82, 2.24) is 5.32 Å². The molecule has 0 bridgehead atoms. The molecule has 1 aromatic rings. The summed E-state index contributed by atoms with van der Waals surface area (Å²) < 4.78 is 5.30. The molecule has 1 aromatic heterocycles. The van der Waals surface area contributed by atoms with Gasteiger partial charge in [0.15, 0.2) is 0 Å². The van der Waals surface area contributed by atoms with Crippen LogP contribution in [0, 0.1) is 0 Å². The monoisotopic (exact) mass is 275 g/mol. The lowest BCUT2D eigenvalue weighted by molar-refractivity contribution is 0.106. The number of hydrogen-bond donors (Lipinski definition) is 1. The first-order valence-corrected chi connectivity index (χ1v) is 7.43. The zero-order chi connectivity index (χ0) is 12.7. The Morgan fingerprint density at radius 2 is 2.24 bits per heavy atom. The summed E-state index contributed by atoms with van der Waals surface area (Å²) >= 11 is 7.93. The van der Waals surface area contributed by atoms with Crippen LogP contribution in [0.4, 0.5) is 0 Å². The van der Waals surface area contributed by atoms with Crippen LogP contribution in [0.3, 0.4) is 0 Å². The van der Waals surface area contributed by atoms with Gasteiger partial charge in [-0.2, -0.15) is 0 Å². The molecule has 0 aliphatic rings. The summed E-state index contributed by atoms with van der Waals surface area (Å²) in [5, 5.41) is 6.50. The summed E-state index contributed by atoms with van der Waals surface area (Å²) in [6.07, 6.45) is 3.56. The van der Waals surface area contributed by atoms with Crippen molar-refractivity contribution in [3.63, 3.8) is 0 Å². The summed E-state index contributed by atoms with van der Waals surface area (Å²) in [6, 6.07) is 2.34. The smallest absolute Gasteiger partial charge is 0.0561 e. The average molecular weight is 276 g/mol. The molecule has 17 heavy (non-hydrogen) atoms. The van der Waals surface area contributed by atoms with Gasteiger partial charge >= 0.3 is 0 Å². The summed E-state index contributed by atoms with van der Waals surface area (Å²) in [5.74, 6) is 0. The number of halogens is 1. The highest BCUT2D eigenvalue weighted by Gasteiger charge is 2.16. The third-order valence-corrected chi connectivity index (χ3v) is 4.34. The van der Waals surface area contributed by atoms with Crippen LogP contribution in [0.15, 0.2) is 11.4 Å². The fraction of sp³-hybridized carbons (Fsp3) is 0.692. The molecule has 1 rings (SSSR count). The molecule has 2 nitrogen and oxygen atoms in total. The first-order valence-electron chi connectivity index (χ1n) is 6.18. The van der Waals surface area contributed by atoms with Gasteiger partial charge in [0.1, 0.15) is 0 Å². The van der Waals surface area contributed by atoms with Crippen LogP contribution in [0.25, 0.3) is 0 Å². The molecule has 0 radical (unpaired) electrons. The standard InChI is InChI=1S/C13H22ClNOS/c1-4-8-15-12(6-5-10(2)16-3)13-11(14)7-9-17-13/h7,9-10,12,15H,4-6,8H2,1-3H3. The summed E-state index contributed by atoms with van der Waals surface area (Å²) in [7, 11) is 1.76. The summed E-state index contributed by atoms with van der Waals surface area (Å²) in [4.78, 5) is 1.25. The normalized spacial score (nSPS) is 14.8. The maximum Gasteiger partial charge on any atom is 0.0561 e. The number of rotatable bonds is 8. The molecular weight excluding hydrogens is 254 g/mol. The van der Waals surface area contributed by atoms with Gasteiger partial charge in [-0.15, -0.1) is 11.3 Å². The van der Waals surface area contributed by atoms with Gasteiger partial charge in [-0.05, 0) is 44.2 Å². The molecule has 0 fully saturated rings. The second kappa shape index (κ2) is 8.09. The zero-order valence-corrected chi connectivity index (χ0v) is 12.4. The molecule has 0 aliphatic heterocycles. The lowest BCUT2D eigenvalue weighted by Gasteiger charge is -2.19. The van der Waals surface area contributed by atoms with E-state index in [-0.39, 0.29) is 0 Å². The Kier molecular flexibility index (Phi) is 7.12. The Morgan fingerprint density at radius 3 is 2.76 bits per heavy atom. The van der Waals surface area contributed by atoms with Gasteiger partial charge in [0.05, 0.1) is 11.1 Å². The summed E-state index contributed by atoms with van der Waals surface area (Å²) in [5.41, 5.74) is 0. The van der Waals surface area contributed by atoms with Crippen LogP contribution in [0.5, 0.6) is 0 Å². The van der Waals surface area contributed by atoms with E-state index in [1.54, 1.807) is 18.4 Å². The molecule has 0 aromatic carbocycles. The van der Waals surface area contributed by atoms with Gasteiger partial charge in [0, 0.05) is 18.0 Å². The molecule has 1 heterocycles. The Balaban J connectivity index is 2.57. The van der Waals surface area contributed by atoms with Crippen LogP contribution in [0.1, 0.15) is 44.0 Å². The van der Waals surface area contributed by atoms with Gasteiger partial charge in [-0.25, -0.2) is 0 Å². The van der Waals surface area contributed by atoms with E-state index in [1.807, 2.05) is 6.07 Å². The van der Waals surface area contributed by atoms with Crippen molar-refractivity contribution in [3.05, 3.63) is 21.3 Å². The highest BCUT2D eigenvalue weighted by Crippen LogP contribution is 2.31. The minimum Gasteiger partial charge on any atom is -0.382 e. The predicted octanol–water partition coefficient (Wildman–Crippen LogP) is 4.26. The molecule has 0 saturated heterocycles.